The Balaban J connectivity index is 0.844. The van der Waals surface area contributed by atoms with Crippen molar-refractivity contribution in [1.29, 1.82) is 0 Å². The van der Waals surface area contributed by atoms with Crippen molar-refractivity contribution < 1.29 is 0 Å². The van der Waals surface area contributed by atoms with Crippen LogP contribution in [0.15, 0.2) is 296 Å². The van der Waals surface area contributed by atoms with Gasteiger partial charge >= 0.3 is 0 Å². The number of amidine groups is 7. The maximum Gasteiger partial charge on any atom is 0.170 e. The lowest BCUT2D eigenvalue weighted by atomic mass is 9.93. The monoisotopic (exact) mass is 1140 g/mol. The summed E-state index contributed by atoms with van der Waals surface area (Å²) in [5.41, 5.74) is 8.18. The van der Waals surface area contributed by atoms with E-state index >= 15 is 0 Å². The van der Waals surface area contributed by atoms with E-state index in [1.54, 1.807) is 0 Å². The minimum Gasteiger partial charge on any atom is -0.277 e. The van der Waals surface area contributed by atoms with E-state index in [9.17, 15) is 0 Å². The van der Waals surface area contributed by atoms with Gasteiger partial charge in [0.25, 0.3) is 0 Å². The molecule has 0 radical (unpaired) electrons. The minimum atomic E-state index is -0.649. The van der Waals surface area contributed by atoms with E-state index in [1.165, 1.54) is 53.9 Å². The third-order valence-corrected chi connectivity index (χ3v) is 19.3. The van der Waals surface area contributed by atoms with Crippen LogP contribution in [0.5, 0.6) is 0 Å². The van der Waals surface area contributed by atoms with Crippen LogP contribution >= 0.6 is 0 Å². The molecular weight excluding hydrogens is 1100 g/mol. The first-order valence-corrected chi connectivity index (χ1v) is 30.6. The maximum absolute atomic E-state index is 5.81. The van der Waals surface area contributed by atoms with Gasteiger partial charge < -0.3 is 0 Å². The van der Waals surface area contributed by atoms with Crippen LogP contribution in [0.25, 0.3) is 118 Å². The van der Waals surface area contributed by atoms with Crippen molar-refractivity contribution in [3.05, 3.63) is 305 Å². The van der Waals surface area contributed by atoms with Crippen LogP contribution in [0.2, 0.25) is 0 Å². The number of hydrogen-bond donors (Lipinski definition) is 0. The van der Waals surface area contributed by atoms with Crippen molar-refractivity contribution >= 4 is 165 Å². The molecule has 0 aliphatic carbocycles. The van der Waals surface area contributed by atoms with Gasteiger partial charge in [0.2, 0.25) is 0 Å². The van der Waals surface area contributed by atoms with Crippen LogP contribution in [0.1, 0.15) is 50.7 Å². The molecule has 0 saturated carbocycles. The zero-order chi connectivity index (χ0) is 58.4. The van der Waals surface area contributed by atoms with Crippen molar-refractivity contribution in [2.45, 2.75) is 6.17 Å². The molecule has 16 aromatic rings. The predicted octanol–water partition coefficient (Wildman–Crippen LogP) is 19.3. The molecule has 8 heteroatoms. The van der Waals surface area contributed by atoms with Gasteiger partial charge in [-0.3, -0.25) is 4.90 Å². The number of rotatable bonds is 1. The van der Waals surface area contributed by atoms with Crippen LogP contribution in [-0.2, 0) is 0 Å². The fraction of sp³-hybridized carbons (Fsp3) is 0.0122. The summed E-state index contributed by atoms with van der Waals surface area (Å²) in [6.07, 6.45) is -0.649. The molecule has 16 aromatic carbocycles. The average Bonchev–Trinajstić information content (AvgIpc) is 1.57. The molecule has 0 saturated heterocycles. The third kappa shape index (κ3) is 7.04. The van der Waals surface area contributed by atoms with Crippen LogP contribution in [0, 0.1) is 0 Å². The second-order valence-electron chi connectivity index (χ2n) is 24.5. The summed E-state index contributed by atoms with van der Waals surface area (Å²) in [4.78, 5) is 41.5. The number of anilines is 1. The van der Waals surface area contributed by atoms with Gasteiger partial charge in [-0.25, -0.2) is 34.9 Å². The molecule has 0 spiro atoms. The summed E-state index contributed by atoms with van der Waals surface area (Å²) in [5, 5.41) is 25.3. The SMILES string of the molecule is c1ccc2cc3c(cc2c1)C1=NC3=NC2N=C(N=C3N=C(c4cc5ccccc5cc43)N(c3cccc4cc5cc6ccc7cc8cc9cc%10ccccc%10cc9cc8cc7c6cc5cc34)C3=NC(=N1)c1cc4ccccc4cc13)c1cc3ccccc3cc12. The van der Waals surface area contributed by atoms with Crippen molar-refractivity contribution in [2.75, 3.05) is 4.90 Å². The number of hydrogen-bond acceptors (Lipinski definition) is 8. The van der Waals surface area contributed by atoms with Gasteiger partial charge in [-0.2, -0.15) is 0 Å². The normalized spacial score (nSPS) is 15.7. The second kappa shape index (κ2) is 17.8. The van der Waals surface area contributed by atoms with Crippen LogP contribution in [-0.4, -0.2) is 40.8 Å². The number of nitrogens with zero attached hydrogens (tertiary/aromatic N) is 8. The van der Waals surface area contributed by atoms with E-state index in [4.69, 9.17) is 34.9 Å². The lowest BCUT2D eigenvalue weighted by Gasteiger charge is -2.27. The molecule has 8 nitrogen and oxygen atoms in total. The summed E-state index contributed by atoms with van der Waals surface area (Å²) in [6, 6.07) is 95.1. The highest BCUT2D eigenvalue weighted by atomic mass is 15.3. The highest BCUT2D eigenvalue weighted by Gasteiger charge is 2.38. The largest absolute Gasteiger partial charge is 0.277 e. The number of benzene rings is 16. The molecule has 8 bridgehead atoms. The van der Waals surface area contributed by atoms with E-state index in [2.05, 4.69) is 266 Å². The Kier molecular flexibility index (Phi) is 9.48. The Morgan fingerprint density at radius 3 is 0.989 bits per heavy atom. The topological polar surface area (TPSA) is 89.8 Å². The Labute approximate surface area is 513 Å². The molecule has 0 N–H and O–H groups in total. The highest BCUT2D eigenvalue weighted by Crippen LogP contribution is 2.43. The van der Waals surface area contributed by atoms with Gasteiger partial charge in [0.1, 0.15) is 11.7 Å². The Bertz CT molecular complexity index is 6360. The van der Waals surface area contributed by atoms with Crippen LogP contribution in [0.3, 0.4) is 0 Å². The summed E-state index contributed by atoms with van der Waals surface area (Å²) < 4.78 is 0. The van der Waals surface area contributed by atoms with E-state index in [1.807, 2.05) is 0 Å². The summed E-state index contributed by atoms with van der Waals surface area (Å²) in [5.74, 6) is 4.13. The molecule has 1 unspecified atom stereocenters. The smallest absolute Gasteiger partial charge is 0.170 e. The molecule has 1 atom stereocenters. The molecule has 5 aliphatic heterocycles. The summed E-state index contributed by atoms with van der Waals surface area (Å²) in [7, 11) is 0. The molecule has 90 heavy (non-hydrogen) atoms. The molecule has 0 aromatic heterocycles. The Morgan fingerprint density at radius 2 is 0.511 bits per heavy atom. The van der Waals surface area contributed by atoms with Gasteiger partial charge in [-0.05, 0) is 228 Å². The molecular formula is C82H44N8. The Morgan fingerprint density at radius 1 is 0.211 bits per heavy atom. The molecule has 5 aliphatic rings. The van der Waals surface area contributed by atoms with E-state index in [0.29, 0.717) is 40.8 Å². The quantitative estimate of drug-likeness (QED) is 0.119. The lowest BCUT2D eigenvalue weighted by molar-refractivity contribution is 0.797. The first-order valence-electron chi connectivity index (χ1n) is 30.6. The van der Waals surface area contributed by atoms with Crippen LogP contribution in [0.4, 0.5) is 5.69 Å². The van der Waals surface area contributed by atoms with Crippen molar-refractivity contribution in [1.82, 2.24) is 0 Å². The fourth-order valence-electron chi connectivity index (χ4n) is 14.9. The first kappa shape index (κ1) is 48.0. The average molecular weight is 1140 g/mol. The van der Waals surface area contributed by atoms with Gasteiger partial charge in [0, 0.05) is 49.9 Å². The van der Waals surface area contributed by atoms with Crippen molar-refractivity contribution in [3.63, 3.8) is 0 Å². The Hall–Kier alpha value is -12.1. The number of aliphatic imine (C=N–C) groups is 7. The molecule has 21 rings (SSSR count). The van der Waals surface area contributed by atoms with E-state index in [0.717, 1.165) is 115 Å². The molecule has 0 fully saturated rings. The summed E-state index contributed by atoms with van der Waals surface area (Å²) >= 11 is 0. The van der Waals surface area contributed by atoms with Gasteiger partial charge in [0.15, 0.2) is 35.3 Å². The zero-order valence-electron chi connectivity index (χ0n) is 48.0. The molecule has 5 heterocycles. The van der Waals surface area contributed by atoms with E-state index < -0.39 is 6.17 Å². The van der Waals surface area contributed by atoms with Crippen LogP contribution < -0.4 is 4.90 Å². The zero-order valence-corrected chi connectivity index (χ0v) is 48.0. The second-order valence-corrected chi connectivity index (χ2v) is 24.5. The van der Waals surface area contributed by atoms with Crippen molar-refractivity contribution in [2.24, 2.45) is 34.9 Å². The van der Waals surface area contributed by atoms with Gasteiger partial charge in [-0.1, -0.05) is 146 Å². The highest BCUT2D eigenvalue weighted by molar-refractivity contribution is 6.43. The molecule has 412 valence electrons. The van der Waals surface area contributed by atoms with Crippen molar-refractivity contribution in [3.8, 4) is 0 Å². The number of fused-ring (bicyclic) bond motifs is 28. The predicted molar refractivity (Wildman–Crippen MR) is 376 cm³/mol. The standard InChI is InChI=1S/C82H44N8/c1-2-13-45-27-58-32-61-41-63-56(30-60(61)31-57(58)26-44(45)12-1)25-24-55-29-59-28-54-22-11-23-74(65(54)43-62(59)42-64(55)63)90-81-72-39-52-20-9-7-18-50(52)37-70(72)79(88-81)86-77-68-35-48-16-5-3-14-46(48)33-66(68)75(84-77)83-76-67-34-47-15-4-6-17-49(47)36-69(67)78(85-76)87-80-71-38-51-19-8-10-21-53(51)40-73(71)82(90)89-80/h1-43,75H. The van der Waals surface area contributed by atoms with Gasteiger partial charge in [-0.15, -0.1) is 0 Å². The molecule has 0 amide bonds. The lowest BCUT2D eigenvalue weighted by Crippen LogP contribution is -2.37. The first-order chi connectivity index (χ1) is 44.5. The van der Waals surface area contributed by atoms with Gasteiger partial charge in [0.05, 0.1) is 5.69 Å². The minimum absolute atomic E-state index is 0.537. The summed E-state index contributed by atoms with van der Waals surface area (Å²) in [6.45, 7) is 0. The maximum atomic E-state index is 5.81. The van der Waals surface area contributed by atoms with E-state index in [-0.39, 0.29) is 0 Å². The third-order valence-electron chi connectivity index (χ3n) is 19.3. The fourth-order valence-corrected chi connectivity index (χ4v) is 14.9.